The number of carbonyl (C=O) groups is 4. The smallest absolute Gasteiger partial charge is 0.217 e. The number of amides is 4. The average Bonchev–Trinajstić information content (AvgIpc) is 0.758. The molecule has 10 fully saturated rings. The Morgan fingerprint density at radius 3 is 0.858 bits per heavy atom. The standard InChI is InChI=1S/C74H126N4O56/c1-17(89)75-21(5-79)36(94)57(22(93)6-80)127-65-33(76-18(2)90)43(101)60(29(13-87)121-65)131-73-56(114)63(42(100)32(126-73)16-116-69-55(113)62(132-72-53(111)49(107)40(98)26(10-84)120-72)41(99)31(125-69)15-115-68-50(108)46(104)37(95)23(7-81)117-68)133-74-64(134-67-35(78-20(4)92)45(103)59(28(12-86)123-67)130-71-52(110)48(106)39(97)25(9-83)119-71)54(112)61(30(14-88)124-74)128-66-34(77-19(3)91)44(102)58(27(11-85)122-66)129-70-51(109)47(105)38(96)24(8-82)118-70/h21-74,79-88,93-114H,5-16H2,1-4H3,(H,75,89)(H,76,90)(H,77,91)(H,78,92)/t21-,22+,23+,24+,25+,26+,27+,28+,29+,30+,31+,32+,33+,34+,35+,36+,37+,38-,39-,40+,41+,42+,43+,44+,45+,46-,47-,48-,49-,50-,51+,52+,53-,54-,55-,56-,57+,58+,59+,60+,61+,62-,63-,64-,65-,66-,67-,68-,69-,70-,71-,72+,73-,74+/m0/s1. The normalized spacial score (nSPS) is 47.3. The van der Waals surface area contributed by atoms with Gasteiger partial charge in [-0.3, -0.25) is 19.2 Å². The molecule has 10 aliphatic heterocycles. The molecule has 0 unspecified atom stereocenters. The van der Waals surface area contributed by atoms with E-state index in [9.17, 15) is 183 Å². The highest BCUT2D eigenvalue weighted by molar-refractivity contribution is 5.74. The van der Waals surface area contributed by atoms with Gasteiger partial charge in [-0.1, -0.05) is 0 Å². The number of nitrogens with one attached hydrogen (secondary N) is 4. The van der Waals surface area contributed by atoms with Crippen molar-refractivity contribution < 1.29 is 277 Å². The molecule has 0 aromatic heterocycles. The predicted molar refractivity (Wildman–Crippen MR) is 411 cm³/mol. The number of aliphatic hydroxyl groups excluding tert-OH is 32. The zero-order chi connectivity index (χ0) is 98.9. The Hall–Kier alpha value is -4.20. The van der Waals surface area contributed by atoms with Crippen LogP contribution >= 0.6 is 0 Å². The third kappa shape index (κ3) is 25.2. The van der Waals surface area contributed by atoms with Crippen LogP contribution in [-0.4, -0.2) is 598 Å². The Balaban J connectivity index is 1.06. The van der Waals surface area contributed by atoms with E-state index >= 15 is 0 Å². The minimum Gasteiger partial charge on any atom is -0.394 e. The van der Waals surface area contributed by atoms with Crippen LogP contribution in [0.4, 0.5) is 0 Å². The summed E-state index contributed by atoms with van der Waals surface area (Å²) in [5, 5.41) is 367. The number of hydrogen-bond donors (Lipinski definition) is 36. The van der Waals surface area contributed by atoms with Crippen molar-refractivity contribution >= 4 is 23.6 Å². The monoisotopic (exact) mass is 1970 g/mol. The molecule has 0 spiro atoms. The molecule has 0 saturated carbocycles. The van der Waals surface area contributed by atoms with E-state index in [-0.39, 0.29) is 0 Å². The Morgan fingerprint density at radius 2 is 0.515 bits per heavy atom. The fourth-order valence-corrected chi connectivity index (χ4v) is 16.9. The second kappa shape index (κ2) is 49.7. The van der Waals surface area contributed by atoms with Gasteiger partial charge in [0.15, 0.2) is 62.9 Å². The molecule has 10 aliphatic rings. The summed E-state index contributed by atoms with van der Waals surface area (Å²) in [6, 6.07) is -8.01. The summed E-state index contributed by atoms with van der Waals surface area (Å²) in [5.41, 5.74) is 0. The van der Waals surface area contributed by atoms with Gasteiger partial charge >= 0.3 is 0 Å². The van der Waals surface area contributed by atoms with Gasteiger partial charge in [0, 0.05) is 27.7 Å². The molecule has 54 atom stereocenters. The molecule has 4 amide bonds. The first-order valence-electron chi connectivity index (χ1n) is 42.6. The highest BCUT2D eigenvalue weighted by Gasteiger charge is 2.63. The Labute approximate surface area is 758 Å². The minimum absolute atomic E-state index is 0.855. The molecule has 10 heterocycles. The molecule has 0 aromatic rings. The van der Waals surface area contributed by atoms with Gasteiger partial charge in [-0.25, -0.2) is 0 Å². The third-order valence-electron chi connectivity index (χ3n) is 24.2. The van der Waals surface area contributed by atoms with Crippen molar-refractivity contribution in [3.63, 3.8) is 0 Å². The summed E-state index contributed by atoms with van der Waals surface area (Å²) in [6.45, 7) is -10.5. The fourth-order valence-electron chi connectivity index (χ4n) is 16.9. The van der Waals surface area contributed by atoms with Gasteiger partial charge in [-0.2, -0.15) is 0 Å². The number of hydrogen-bond acceptors (Lipinski definition) is 56. The molecule has 60 nitrogen and oxygen atoms in total. The van der Waals surface area contributed by atoms with Crippen molar-refractivity contribution in [2.24, 2.45) is 0 Å². The fraction of sp³-hybridized carbons (Fsp3) is 0.946. The molecule has 0 radical (unpaired) electrons. The van der Waals surface area contributed by atoms with Crippen molar-refractivity contribution in [3.05, 3.63) is 0 Å². The number of aliphatic hydroxyl groups is 32. The Morgan fingerprint density at radius 1 is 0.254 bits per heavy atom. The van der Waals surface area contributed by atoms with E-state index in [0.717, 1.165) is 27.7 Å². The van der Waals surface area contributed by atoms with E-state index < -0.39 is 434 Å². The summed E-state index contributed by atoms with van der Waals surface area (Å²) in [5.74, 6) is -4.00. The average molecular weight is 1970 g/mol. The summed E-state index contributed by atoms with van der Waals surface area (Å²) in [4.78, 5) is 51.9. The molecular formula is C74H126N4O56. The van der Waals surface area contributed by atoms with Crippen LogP contribution in [0, 0.1) is 0 Å². The lowest BCUT2D eigenvalue weighted by Crippen LogP contribution is -2.71. The van der Waals surface area contributed by atoms with Crippen molar-refractivity contribution in [2.75, 3.05) is 79.3 Å². The largest absolute Gasteiger partial charge is 0.394 e. The topological polar surface area (TPSA) is 948 Å². The first-order valence-corrected chi connectivity index (χ1v) is 42.6. The Kier molecular flexibility index (Phi) is 41.4. The first kappa shape index (κ1) is 112. The quantitative estimate of drug-likeness (QED) is 0.0272. The van der Waals surface area contributed by atoms with Crippen molar-refractivity contribution in [2.45, 2.75) is 359 Å². The zero-order valence-electron chi connectivity index (χ0n) is 71.8. The number of rotatable bonds is 39. The van der Waals surface area contributed by atoms with Gasteiger partial charge in [0.25, 0.3) is 0 Å². The van der Waals surface area contributed by atoms with Crippen LogP contribution in [0.1, 0.15) is 27.7 Å². The maximum atomic E-state index is 13.4. The second-order valence-corrected chi connectivity index (χ2v) is 33.6. The Bertz CT molecular complexity index is 3590. The lowest BCUT2D eigenvalue weighted by atomic mass is 9.93. The molecule has 36 N–H and O–H groups in total. The van der Waals surface area contributed by atoms with Crippen molar-refractivity contribution in [3.8, 4) is 0 Å². The zero-order valence-corrected chi connectivity index (χ0v) is 71.8. The lowest BCUT2D eigenvalue weighted by Gasteiger charge is -2.52. The lowest BCUT2D eigenvalue weighted by molar-refractivity contribution is -0.406. The van der Waals surface area contributed by atoms with E-state index in [1.54, 1.807) is 0 Å². The highest BCUT2D eigenvalue weighted by Crippen LogP contribution is 2.42. The van der Waals surface area contributed by atoms with Crippen LogP contribution in [0.5, 0.6) is 0 Å². The summed E-state index contributed by atoms with van der Waals surface area (Å²) >= 11 is 0. The highest BCUT2D eigenvalue weighted by atomic mass is 16.8. The van der Waals surface area contributed by atoms with E-state index in [1.807, 2.05) is 0 Å². The minimum atomic E-state index is -2.78. The van der Waals surface area contributed by atoms with Crippen LogP contribution in [0.3, 0.4) is 0 Å². The van der Waals surface area contributed by atoms with Crippen LogP contribution in [0.2, 0.25) is 0 Å². The number of ether oxygens (including phenoxy) is 20. The maximum Gasteiger partial charge on any atom is 0.217 e. The van der Waals surface area contributed by atoms with Gasteiger partial charge in [0.2, 0.25) is 23.6 Å². The van der Waals surface area contributed by atoms with Gasteiger partial charge in [-0.15, -0.1) is 0 Å². The van der Waals surface area contributed by atoms with Gasteiger partial charge < -0.3 is 279 Å². The third-order valence-corrected chi connectivity index (χ3v) is 24.2. The molecule has 0 aliphatic carbocycles. The van der Waals surface area contributed by atoms with Crippen LogP contribution in [-0.2, 0) is 114 Å². The molecule has 134 heavy (non-hydrogen) atoms. The number of carbonyl (C=O) groups excluding carboxylic acids is 4. The summed E-state index contributed by atoms with van der Waals surface area (Å²) in [7, 11) is 0. The molecule has 0 bridgehead atoms. The predicted octanol–water partition coefficient (Wildman–Crippen LogP) is -24.8. The summed E-state index contributed by atoms with van der Waals surface area (Å²) in [6.07, 6.45) is -111. The van der Waals surface area contributed by atoms with Crippen LogP contribution in [0.15, 0.2) is 0 Å². The second-order valence-electron chi connectivity index (χ2n) is 33.6. The van der Waals surface area contributed by atoms with E-state index in [0.29, 0.717) is 0 Å². The van der Waals surface area contributed by atoms with Gasteiger partial charge in [0.1, 0.15) is 262 Å². The van der Waals surface area contributed by atoms with Crippen molar-refractivity contribution in [1.29, 1.82) is 0 Å². The van der Waals surface area contributed by atoms with E-state index in [4.69, 9.17) is 94.7 Å². The molecule has 10 rings (SSSR count). The molecular weight excluding hydrogens is 1840 g/mol. The van der Waals surface area contributed by atoms with Gasteiger partial charge in [-0.05, 0) is 0 Å². The molecule has 778 valence electrons. The summed E-state index contributed by atoms with van der Waals surface area (Å²) < 4.78 is 119. The molecule has 60 heteroatoms. The van der Waals surface area contributed by atoms with Crippen LogP contribution in [0.25, 0.3) is 0 Å². The maximum absolute atomic E-state index is 13.4. The van der Waals surface area contributed by atoms with E-state index in [2.05, 4.69) is 21.3 Å². The van der Waals surface area contributed by atoms with Gasteiger partial charge in [0.05, 0.1) is 85.3 Å². The van der Waals surface area contributed by atoms with Crippen molar-refractivity contribution in [1.82, 2.24) is 21.3 Å². The first-order chi connectivity index (χ1) is 63.4. The van der Waals surface area contributed by atoms with E-state index in [1.165, 1.54) is 0 Å². The van der Waals surface area contributed by atoms with Crippen LogP contribution < -0.4 is 21.3 Å². The molecule has 10 saturated heterocycles. The molecule has 0 aromatic carbocycles. The SMILES string of the molecule is CC(=O)N[C@H]1[C@H](O[C@@H]([C@H](O)[C@H](CO)NC(C)=O)[C@H](O)CO)O[C@H](CO)[C@@H](O[C@@H]2O[C@H](CO[C@H]3O[C@H](CO[C@H]4O[C@H](CO)[C@@H](O)[C@H](O)[C@@H]4O)[C@@H](O)[C@H](O[C@H]4O[C@H](CO)[C@@H](O)[C@H](O)[C@@H]4O)[C@@H]3O)[C@@H](O)[C@H](O[C@H]3O[C@H](CO)[C@@H](O[C@@H]4O[C@H](CO)[C@@H](O[C@@H]5O[C@H](CO)[C@H](O)[C@H](O)[C@H]5O)[C@H](O)[C@H]4NC(C)=O)[C@H](O)[C@@H]3O[C@@H]3O[C@H](CO)[C@@H](O[C@@H]4O[C@H](CO)[C@H](O)[C@H](O)[C@H]4O)[C@H](O)[C@H]3NC(C)=O)[C@@H]2O)[C@@H]1O.